The predicted molar refractivity (Wildman–Crippen MR) is 159 cm³/mol. The number of aliphatic hydroxyl groups excluding tert-OH is 1. The Hall–Kier alpha value is -3.73. The molecule has 1 atom stereocenters. The molecule has 41 heavy (non-hydrogen) atoms. The number of hydrogen-bond acceptors (Lipinski definition) is 8. The first-order valence-corrected chi connectivity index (χ1v) is 15.0. The summed E-state index contributed by atoms with van der Waals surface area (Å²) in [4.78, 5) is 28.0. The lowest BCUT2D eigenvalue weighted by atomic mass is 9.95. The van der Waals surface area contributed by atoms with Crippen LogP contribution in [-0.4, -0.2) is 33.6 Å². The van der Waals surface area contributed by atoms with E-state index in [9.17, 15) is 19.1 Å². The number of anilines is 1. The van der Waals surface area contributed by atoms with Crippen molar-refractivity contribution >= 4 is 57.3 Å². The summed E-state index contributed by atoms with van der Waals surface area (Å²) >= 11 is 8.80. The molecule has 11 heteroatoms. The molecule has 1 fully saturated rings. The number of nitrogens with zero attached hydrogens (tertiary/aromatic N) is 3. The minimum atomic E-state index is -1.04. The lowest BCUT2D eigenvalue weighted by molar-refractivity contribution is -0.132. The van der Waals surface area contributed by atoms with Crippen LogP contribution in [0.2, 0.25) is 5.02 Å². The second kappa shape index (κ2) is 12.8. The van der Waals surface area contributed by atoms with Gasteiger partial charge in [-0.25, -0.2) is 4.39 Å². The van der Waals surface area contributed by atoms with Crippen LogP contribution in [0.3, 0.4) is 0 Å². The molecule has 5 rings (SSSR count). The van der Waals surface area contributed by atoms with Crippen molar-refractivity contribution in [3.8, 4) is 5.75 Å². The van der Waals surface area contributed by atoms with Crippen LogP contribution >= 0.6 is 34.7 Å². The summed E-state index contributed by atoms with van der Waals surface area (Å²) in [5, 5.41) is 20.5. The van der Waals surface area contributed by atoms with E-state index >= 15 is 0 Å². The third kappa shape index (κ3) is 6.29. The fourth-order valence-corrected chi connectivity index (χ4v) is 6.46. The number of halogens is 2. The topological polar surface area (TPSA) is 92.6 Å². The molecule has 0 spiro atoms. The predicted octanol–water partition coefficient (Wildman–Crippen LogP) is 7.43. The summed E-state index contributed by atoms with van der Waals surface area (Å²) in [5.74, 6) is -1.40. The number of carbonyl (C=O) groups is 2. The van der Waals surface area contributed by atoms with Crippen LogP contribution in [0.5, 0.6) is 5.75 Å². The van der Waals surface area contributed by atoms with E-state index in [1.54, 1.807) is 30.3 Å². The molecular formula is C30H25ClFN3O4S2. The van der Waals surface area contributed by atoms with Crippen molar-refractivity contribution in [1.29, 1.82) is 0 Å². The van der Waals surface area contributed by atoms with Gasteiger partial charge in [0, 0.05) is 16.3 Å². The highest BCUT2D eigenvalue weighted by Crippen LogP contribution is 2.44. The van der Waals surface area contributed by atoms with Crippen LogP contribution in [0.1, 0.15) is 42.5 Å². The molecule has 7 nitrogen and oxygen atoms in total. The van der Waals surface area contributed by atoms with Gasteiger partial charge in [0.1, 0.15) is 17.3 Å². The SMILES string of the molecule is CCCCOc1ccc(/C(O)=C2/C(=O)C(=O)N(c3nnc(SCc4ccccc4Cl)s3)C2c2ccc(F)cc2)cc1. The van der Waals surface area contributed by atoms with Gasteiger partial charge in [0.15, 0.2) is 4.34 Å². The number of Topliss-reactive ketones (excluding diaryl/α,β-unsaturated/α-hetero) is 1. The maximum absolute atomic E-state index is 13.8. The van der Waals surface area contributed by atoms with Crippen LogP contribution in [0.15, 0.2) is 82.7 Å². The number of thioether (sulfide) groups is 1. The van der Waals surface area contributed by atoms with Crippen LogP contribution in [0.25, 0.3) is 5.76 Å². The average Bonchev–Trinajstić information content (AvgIpc) is 3.55. The number of benzene rings is 3. The van der Waals surface area contributed by atoms with Gasteiger partial charge in [-0.3, -0.25) is 14.5 Å². The van der Waals surface area contributed by atoms with Gasteiger partial charge in [0.2, 0.25) is 5.13 Å². The maximum Gasteiger partial charge on any atom is 0.301 e. The van der Waals surface area contributed by atoms with E-state index in [0.717, 1.165) is 29.7 Å². The van der Waals surface area contributed by atoms with Gasteiger partial charge in [-0.1, -0.05) is 78.4 Å². The van der Waals surface area contributed by atoms with Crippen LogP contribution in [-0.2, 0) is 15.3 Å². The lowest BCUT2D eigenvalue weighted by Gasteiger charge is -2.22. The van der Waals surface area contributed by atoms with E-state index in [-0.39, 0.29) is 16.5 Å². The van der Waals surface area contributed by atoms with Gasteiger partial charge in [0.25, 0.3) is 5.78 Å². The fourth-order valence-electron chi connectivity index (χ4n) is 4.30. The summed E-state index contributed by atoms with van der Waals surface area (Å²) in [6.45, 7) is 2.64. The highest BCUT2D eigenvalue weighted by atomic mass is 35.5. The zero-order valence-electron chi connectivity index (χ0n) is 21.9. The number of unbranched alkanes of at least 4 members (excludes halogenated alkanes) is 1. The highest BCUT2D eigenvalue weighted by molar-refractivity contribution is 8.00. The first-order chi connectivity index (χ1) is 19.9. The molecule has 4 aromatic rings. The standard InChI is InChI=1S/C30H25ClFN3O4S2/c1-2-3-16-39-22-14-10-19(11-15-22)26(36)24-25(18-8-12-21(32)13-9-18)35(28(38)27(24)37)29-33-34-30(41-29)40-17-20-6-4-5-7-23(20)31/h4-15,25,36H,2-3,16-17H2,1H3/b26-24-. The zero-order valence-corrected chi connectivity index (χ0v) is 24.3. The van der Waals surface area contributed by atoms with Crippen molar-refractivity contribution in [3.63, 3.8) is 0 Å². The number of rotatable bonds is 10. The Bertz CT molecular complexity index is 1590. The molecule has 1 N–H and O–H groups in total. The molecular weight excluding hydrogens is 585 g/mol. The molecule has 2 heterocycles. The Morgan fingerprint density at radius 3 is 2.51 bits per heavy atom. The number of hydrogen-bond donors (Lipinski definition) is 1. The van der Waals surface area contributed by atoms with Gasteiger partial charge in [-0.05, 0) is 60.0 Å². The molecule has 0 radical (unpaired) electrons. The van der Waals surface area contributed by atoms with Crippen molar-refractivity contribution in [2.24, 2.45) is 0 Å². The largest absolute Gasteiger partial charge is 0.507 e. The van der Waals surface area contributed by atoms with Crippen molar-refractivity contribution < 1.29 is 23.8 Å². The Morgan fingerprint density at radius 2 is 1.80 bits per heavy atom. The van der Waals surface area contributed by atoms with E-state index in [2.05, 4.69) is 17.1 Å². The third-order valence-corrected chi connectivity index (χ3v) is 8.91. The minimum Gasteiger partial charge on any atom is -0.507 e. The molecule has 3 aromatic carbocycles. The summed E-state index contributed by atoms with van der Waals surface area (Å²) in [7, 11) is 0. The van der Waals surface area contributed by atoms with E-state index in [1.165, 1.54) is 40.9 Å². The Balaban J connectivity index is 1.49. The van der Waals surface area contributed by atoms with E-state index in [0.29, 0.717) is 38.6 Å². The van der Waals surface area contributed by atoms with Gasteiger partial charge >= 0.3 is 5.91 Å². The molecule has 1 amide bonds. The quantitative estimate of drug-likeness (QED) is 0.0499. The Labute approximate surface area is 249 Å². The summed E-state index contributed by atoms with van der Waals surface area (Å²) in [6.07, 6.45) is 1.91. The number of ether oxygens (including phenoxy) is 1. The average molecular weight is 610 g/mol. The van der Waals surface area contributed by atoms with Crippen molar-refractivity contribution in [2.45, 2.75) is 35.9 Å². The number of carbonyl (C=O) groups excluding carboxylic acids is 2. The summed E-state index contributed by atoms with van der Waals surface area (Å²) in [5.41, 5.74) is 1.57. The molecule has 0 bridgehead atoms. The molecule has 1 unspecified atom stereocenters. The zero-order chi connectivity index (χ0) is 28.9. The monoisotopic (exact) mass is 609 g/mol. The summed E-state index contributed by atoms with van der Waals surface area (Å²) in [6, 6.07) is 18.5. The lowest BCUT2D eigenvalue weighted by Crippen LogP contribution is -2.29. The maximum atomic E-state index is 13.8. The molecule has 0 aliphatic carbocycles. The van der Waals surface area contributed by atoms with E-state index in [1.807, 2.05) is 18.2 Å². The molecule has 1 aliphatic rings. The Kier molecular flexibility index (Phi) is 9.02. The van der Waals surface area contributed by atoms with Crippen molar-refractivity contribution in [1.82, 2.24) is 10.2 Å². The number of amides is 1. The second-order valence-electron chi connectivity index (χ2n) is 9.18. The first kappa shape index (κ1) is 28.8. The molecule has 1 aromatic heterocycles. The second-order valence-corrected chi connectivity index (χ2v) is 11.8. The van der Waals surface area contributed by atoms with Gasteiger partial charge < -0.3 is 9.84 Å². The van der Waals surface area contributed by atoms with Crippen molar-refractivity contribution in [2.75, 3.05) is 11.5 Å². The molecule has 0 saturated carbocycles. The highest BCUT2D eigenvalue weighted by Gasteiger charge is 2.48. The molecule has 210 valence electrons. The fraction of sp³-hybridized carbons (Fsp3) is 0.200. The van der Waals surface area contributed by atoms with E-state index in [4.69, 9.17) is 16.3 Å². The van der Waals surface area contributed by atoms with Gasteiger partial charge in [-0.2, -0.15) is 0 Å². The summed E-state index contributed by atoms with van der Waals surface area (Å²) < 4.78 is 20.1. The van der Waals surface area contributed by atoms with Gasteiger partial charge in [0.05, 0.1) is 18.2 Å². The van der Waals surface area contributed by atoms with Crippen LogP contribution in [0, 0.1) is 5.82 Å². The smallest absolute Gasteiger partial charge is 0.301 e. The number of aliphatic hydroxyl groups is 1. The van der Waals surface area contributed by atoms with Crippen LogP contribution < -0.4 is 9.64 Å². The first-order valence-electron chi connectivity index (χ1n) is 12.9. The number of aromatic nitrogens is 2. The van der Waals surface area contributed by atoms with E-state index < -0.39 is 23.5 Å². The minimum absolute atomic E-state index is 0.123. The Morgan fingerprint density at radius 1 is 1.07 bits per heavy atom. The number of ketones is 1. The van der Waals surface area contributed by atoms with Gasteiger partial charge in [-0.15, -0.1) is 10.2 Å². The molecule has 1 saturated heterocycles. The van der Waals surface area contributed by atoms with Crippen molar-refractivity contribution in [3.05, 3.63) is 106 Å². The normalized spacial score (nSPS) is 16.4. The molecule has 1 aliphatic heterocycles. The third-order valence-electron chi connectivity index (χ3n) is 6.44. The van der Waals surface area contributed by atoms with Crippen LogP contribution in [0.4, 0.5) is 9.52 Å².